The number of nitrogens with zero attached hydrogens (tertiary/aromatic N) is 2. The molecule has 1 aliphatic rings. The van der Waals surface area contributed by atoms with Gasteiger partial charge >= 0.3 is 0 Å². The van der Waals surface area contributed by atoms with Gasteiger partial charge in [-0.05, 0) is 19.3 Å². The van der Waals surface area contributed by atoms with Crippen molar-refractivity contribution in [2.24, 2.45) is 5.73 Å². The van der Waals surface area contributed by atoms with E-state index in [1.165, 1.54) is 0 Å². The Kier molecular flexibility index (Phi) is 5.55. The van der Waals surface area contributed by atoms with Crippen LogP contribution in [-0.2, 0) is 16.1 Å². The smallest absolute Gasteiger partial charge is 0.241 e. The summed E-state index contributed by atoms with van der Waals surface area (Å²) in [5.41, 5.74) is 6.53. The lowest BCUT2D eigenvalue weighted by Gasteiger charge is -2.10. The molecule has 1 amide bonds. The van der Waals surface area contributed by atoms with Crippen molar-refractivity contribution >= 4 is 11.6 Å². The Morgan fingerprint density at radius 2 is 2.55 bits per heavy atom. The summed E-state index contributed by atoms with van der Waals surface area (Å²) in [5.74, 6) is -0.143. The largest absolute Gasteiger partial charge is 0.376 e. The molecule has 2 atom stereocenters. The highest BCUT2D eigenvalue weighted by atomic mass is 16.5. The van der Waals surface area contributed by atoms with Gasteiger partial charge in [-0.3, -0.25) is 9.48 Å². The highest BCUT2D eigenvalue weighted by Gasteiger charge is 2.17. The zero-order valence-corrected chi connectivity index (χ0v) is 12.0. The number of amides is 1. The van der Waals surface area contributed by atoms with Crippen molar-refractivity contribution in [1.29, 1.82) is 0 Å². The van der Waals surface area contributed by atoms with Crippen molar-refractivity contribution in [2.75, 3.05) is 11.9 Å². The third-order valence-electron chi connectivity index (χ3n) is 3.52. The van der Waals surface area contributed by atoms with Crippen LogP contribution >= 0.6 is 0 Å². The highest BCUT2D eigenvalue weighted by molar-refractivity contribution is 5.94. The molecule has 0 aliphatic carbocycles. The van der Waals surface area contributed by atoms with Crippen LogP contribution in [0.25, 0.3) is 0 Å². The third kappa shape index (κ3) is 4.31. The first kappa shape index (κ1) is 15.0. The number of hydrogen-bond donors (Lipinski definition) is 2. The Labute approximate surface area is 119 Å². The van der Waals surface area contributed by atoms with Crippen LogP contribution < -0.4 is 11.1 Å². The Bertz CT molecular complexity index is 427. The van der Waals surface area contributed by atoms with Crippen molar-refractivity contribution in [2.45, 2.75) is 57.7 Å². The molecule has 1 aromatic heterocycles. The lowest BCUT2D eigenvalue weighted by molar-refractivity contribution is -0.117. The van der Waals surface area contributed by atoms with E-state index < -0.39 is 6.04 Å². The minimum atomic E-state index is -0.448. The zero-order chi connectivity index (χ0) is 14.4. The highest BCUT2D eigenvalue weighted by Crippen LogP contribution is 2.15. The first-order chi connectivity index (χ1) is 9.69. The van der Waals surface area contributed by atoms with E-state index in [1.807, 2.05) is 10.9 Å². The molecule has 0 spiro atoms. The van der Waals surface area contributed by atoms with Gasteiger partial charge in [0.25, 0.3) is 0 Å². The summed E-state index contributed by atoms with van der Waals surface area (Å²) >= 11 is 0. The van der Waals surface area contributed by atoms with Crippen molar-refractivity contribution in [3.8, 4) is 0 Å². The Hall–Kier alpha value is -1.40. The molecule has 0 bridgehead atoms. The molecule has 0 aromatic carbocycles. The normalized spacial score (nSPS) is 20.0. The second-order valence-electron chi connectivity index (χ2n) is 5.32. The summed E-state index contributed by atoms with van der Waals surface area (Å²) in [7, 11) is 0. The predicted molar refractivity (Wildman–Crippen MR) is 77.3 cm³/mol. The SMILES string of the molecule is CCCC[C@H](N)C(=O)Nc1cnn(CC2CCCO2)c1. The minimum Gasteiger partial charge on any atom is -0.376 e. The topological polar surface area (TPSA) is 82.2 Å². The van der Waals surface area contributed by atoms with Gasteiger partial charge in [-0.15, -0.1) is 0 Å². The molecule has 6 nitrogen and oxygen atoms in total. The molecule has 1 aromatic rings. The van der Waals surface area contributed by atoms with E-state index in [4.69, 9.17) is 10.5 Å². The molecular formula is C14H24N4O2. The number of unbranched alkanes of at least 4 members (excludes halogenated alkanes) is 1. The van der Waals surface area contributed by atoms with Crippen LogP contribution in [0.5, 0.6) is 0 Å². The number of nitrogens with one attached hydrogen (secondary N) is 1. The maximum Gasteiger partial charge on any atom is 0.241 e. The molecule has 3 N–H and O–H groups in total. The summed E-state index contributed by atoms with van der Waals surface area (Å²) < 4.78 is 7.37. The van der Waals surface area contributed by atoms with Gasteiger partial charge in [0, 0.05) is 12.8 Å². The quantitative estimate of drug-likeness (QED) is 0.793. The summed E-state index contributed by atoms with van der Waals surface area (Å²) in [6.07, 6.45) is 8.63. The lowest BCUT2D eigenvalue weighted by atomic mass is 10.1. The lowest BCUT2D eigenvalue weighted by Crippen LogP contribution is -2.35. The average Bonchev–Trinajstić information content (AvgIpc) is 3.08. The number of ether oxygens (including phenoxy) is 1. The molecule has 6 heteroatoms. The minimum absolute atomic E-state index is 0.143. The van der Waals surface area contributed by atoms with E-state index in [9.17, 15) is 4.79 Å². The fourth-order valence-electron chi connectivity index (χ4n) is 2.32. The van der Waals surface area contributed by atoms with Gasteiger partial charge in [-0.2, -0.15) is 5.10 Å². The number of nitrogens with two attached hydrogens (primary N) is 1. The van der Waals surface area contributed by atoms with E-state index in [-0.39, 0.29) is 12.0 Å². The van der Waals surface area contributed by atoms with Gasteiger partial charge < -0.3 is 15.8 Å². The van der Waals surface area contributed by atoms with Crippen LogP contribution in [0, 0.1) is 0 Å². The van der Waals surface area contributed by atoms with Gasteiger partial charge in [0.1, 0.15) is 0 Å². The molecule has 1 saturated heterocycles. The Morgan fingerprint density at radius 1 is 1.70 bits per heavy atom. The van der Waals surface area contributed by atoms with E-state index in [0.29, 0.717) is 12.1 Å². The van der Waals surface area contributed by atoms with Crippen molar-refractivity contribution in [1.82, 2.24) is 9.78 Å². The first-order valence-electron chi connectivity index (χ1n) is 7.39. The maximum absolute atomic E-state index is 11.9. The third-order valence-corrected chi connectivity index (χ3v) is 3.52. The predicted octanol–water partition coefficient (Wildman–Crippen LogP) is 1.52. The molecule has 1 fully saturated rings. The Balaban J connectivity index is 1.80. The molecule has 1 unspecified atom stereocenters. The van der Waals surface area contributed by atoms with Crippen LogP contribution in [0.4, 0.5) is 5.69 Å². The number of hydrogen-bond acceptors (Lipinski definition) is 4. The molecule has 2 rings (SSSR count). The van der Waals surface area contributed by atoms with E-state index in [1.54, 1.807) is 6.20 Å². The van der Waals surface area contributed by atoms with Crippen LogP contribution in [-0.4, -0.2) is 34.4 Å². The van der Waals surface area contributed by atoms with Crippen LogP contribution in [0.15, 0.2) is 12.4 Å². The molecule has 1 aliphatic heterocycles. The molecule has 20 heavy (non-hydrogen) atoms. The number of anilines is 1. The number of aromatic nitrogens is 2. The second-order valence-corrected chi connectivity index (χ2v) is 5.32. The fourth-order valence-corrected chi connectivity index (χ4v) is 2.32. The Morgan fingerprint density at radius 3 is 3.25 bits per heavy atom. The van der Waals surface area contributed by atoms with Crippen molar-refractivity contribution in [3.05, 3.63) is 12.4 Å². The zero-order valence-electron chi connectivity index (χ0n) is 12.0. The monoisotopic (exact) mass is 280 g/mol. The summed E-state index contributed by atoms with van der Waals surface area (Å²) in [4.78, 5) is 11.9. The molecule has 0 saturated carbocycles. The number of rotatable bonds is 7. The van der Waals surface area contributed by atoms with Gasteiger partial charge in [-0.25, -0.2) is 0 Å². The van der Waals surface area contributed by atoms with Crippen LogP contribution in [0.3, 0.4) is 0 Å². The van der Waals surface area contributed by atoms with Crippen molar-refractivity contribution in [3.63, 3.8) is 0 Å². The average molecular weight is 280 g/mol. The first-order valence-corrected chi connectivity index (χ1v) is 7.39. The molecule has 0 radical (unpaired) electrons. The van der Waals surface area contributed by atoms with Gasteiger partial charge in [0.15, 0.2) is 0 Å². The molecule has 2 heterocycles. The number of carbonyl (C=O) groups is 1. The summed E-state index contributed by atoms with van der Waals surface area (Å²) in [6.45, 7) is 3.65. The van der Waals surface area contributed by atoms with Gasteiger partial charge in [-0.1, -0.05) is 19.8 Å². The molecule has 112 valence electrons. The fraction of sp³-hybridized carbons (Fsp3) is 0.714. The maximum atomic E-state index is 11.9. The van der Waals surface area contributed by atoms with Gasteiger partial charge in [0.2, 0.25) is 5.91 Å². The number of carbonyl (C=O) groups excluding carboxylic acids is 1. The van der Waals surface area contributed by atoms with Crippen molar-refractivity contribution < 1.29 is 9.53 Å². The standard InChI is InChI=1S/C14H24N4O2/c1-2-3-6-13(15)14(19)17-11-8-16-18(9-11)10-12-5-4-7-20-12/h8-9,12-13H,2-7,10,15H2,1H3,(H,17,19)/t12?,13-/m0/s1. The van der Waals surface area contributed by atoms with E-state index in [0.717, 1.165) is 38.8 Å². The molecular weight excluding hydrogens is 256 g/mol. The van der Waals surface area contributed by atoms with E-state index in [2.05, 4.69) is 17.3 Å². The van der Waals surface area contributed by atoms with Crippen LogP contribution in [0.2, 0.25) is 0 Å². The van der Waals surface area contributed by atoms with Gasteiger partial charge in [0.05, 0.1) is 30.6 Å². The van der Waals surface area contributed by atoms with E-state index >= 15 is 0 Å². The summed E-state index contributed by atoms with van der Waals surface area (Å²) in [6, 6.07) is -0.448. The summed E-state index contributed by atoms with van der Waals surface area (Å²) in [5, 5.41) is 7.04. The van der Waals surface area contributed by atoms with Crippen LogP contribution in [0.1, 0.15) is 39.0 Å². The second kappa shape index (κ2) is 7.40.